The molecule has 0 bridgehead atoms. The van der Waals surface area contributed by atoms with E-state index in [0.717, 1.165) is 30.3 Å². The first-order valence-electron chi connectivity index (χ1n) is 6.38. The number of nitrogens with zero attached hydrogens (tertiary/aromatic N) is 5. The Morgan fingerprint density at radius 2 is 2.21 bits per heavy atom. The van der Waals surface area contributed by atoms with Crippen molar-refractivity contribution in [2.45, 2.75) is 31.7 Å². The Labute approximate surface area is 111 Å². The van der Waals surface area contributed by atoms with Gasteiger partial charge >= 0.3 is 0 Å². The summed E-state index contributed by atoms with van der Waals surface area (Å²) < 4.78 is 1.88. The van der Waals surface area contributed by atoms with Crippen LogP contribution >= 0.6 is 0 Å². The molecule has 0 radical (unpaired) electrons. The molecule has 3 rings (SSSR count). The largest absolute Gasteiger partial charge is 0.384 e. The van der Waals surface area contributed by atoms with Gasteiger partial charge in [-0.1, -0.05) is 0 Å². The lowest BCUT2D eigenvalue weighted by Crippen LogP contribution is -2.14. The van der Waals surface area contributed by atoms with Crippen LogP contribution in [0, 0.1) is 0 Å². The third kappa shape index (κ3) is 2.49. The van der Waals surface area contributed by atoms with Gasteiger partial charge in [0, 0.05) is 19.0 Å². The molecule has 0 spiro atoms. The van der Waals surface area contributed by atoms with Crippen LogP contribution in [-0.2, 0) is 7.05 Å². The third-order valence-corrected chi connectivity index (χ3v) is 3.20. The van der Waals surface area contributed by atoms with E-state index in [1.54, 1.807) is 12.4 Å². The molecule has 1 saturated carbocycles. The molecule has 0 aromatic carbocycles. The quantitative estimate of drug-likeness (QED) is 0.857. The van der Waals surface area contributed by atoms with Gasteiger partial charge in [-0.3, -0.25) is 0 Å². The maximum Gasteiger partial charge on any atom is 0.154 e. The summed E-state index contributed by atoms with van der Waals surface area (Å²) >= 11 is 0. The maximum atomic E-state index is 5.83. The number of nitrogen functional groups attached to an aromatic ring is 1. The molecule has 19 heavy (non-hydrogen) atoms. The molecule has 2 aromatic rings. The van der Waals surface area contributed by atoms with Gasteiger partial charge in [0.1, 0.15) is 23.8 Å². The minimum atomic E-state index is 0.00820. The molecule has 1 aliphatic rings. The molecule has 7 nitrogen and oxygen atoms in total. The van der Waals surface area contributed by atoms with E-state index in [0.29, 0.717) is 11.7 Å². The minimum absolute atomic E-state index is 0.00820. The van der Waals surface area contributed by atoms with Gasteiger partial charge in [0.25, 0.3) is 0 Å². The van der Waals surface area contributed by atoms with E-state index in [2.05, 4.69) is 25.5 Å². The van der Waals surface area contributed by atoms with Crippen molar-refractivity contribution in [2.24, 2.45) is 7.05 Å². The zero-order chi connectivity index (χ0) is 13.4. The monoisotopic (exact) mass is 259 g/mol. The highest BCUT2D eigenvalue weighted by Gasteiger charge is 2.27. The van der Waals surface area contributed by atoms with Gasteiger partial charge in [0.05, 0.1) is 6.04 Å². The molecule has 100 valence electrons. The predicted molar refractivity (Wildman–Crippen MR) is 71.5 cm³/mol. The van der Waals surface area contributed by atoms with Crippen molar-refractivity contribution in [3.63, 3.8) is 0 Å². The van der Waals surface area contributed by atoms with Crippen molar-refractivity contribution in [3.8, 4) is 0 Å². The molecular formula is C12H17N7. The van der Waals surface area contributed by atoms with Crippen LogP contribution in [0.1, 0.15) is 43.4 Å². The summed E-state index contributed by atoms with van der Waals surface area (Å²) in [4.78, 5) is 8.79. The Morgan fingerprint density at radius 1 is 1.42 bits per heavy atom. The number of aromatic nitrogens is 5. The van der Waals surface area contributed by atoms with Crippen molar-refractivity contribution in [1.29, 1.82) is 0 Å². The van der Waals surface area contributed by atoms with Crippen LogP contribution in [0.2, 0.25) is 0 Å². The highest BCUT2D eigenvalue weighted by Crippen LogP contribution is 2.38. The summed E-state index contributed by atoms with van der Waals surface area (Å²) in [6.45, 7) is 2.01. The van der Waals surface area contributed by atoms with Gasteiger partial charge in [-0.25, -0.2) is 9.97 Å². The first-order valence-corrected chi connectivity index (χ1v) is 6.38. The van der Waals surface area contributed by atoms with Crippen molar-refractivity contribution in [2.75, 3.05) is 11.1 Å². The summed E-state index contributed by atoms with van der Waals surface area (Å²) in [5.74, 6) is 3.42. The van der Waals surface area contributed by atoms with Gasteiger partial charge in [-0.05, 0) is 19.8 Å². The fourth-order valence-electron chi connectivity index (χ4n) is 2.05. The molecule has 3 N–H and O–H groups in total. The second-order valence-electron chi connectivity index (χ2n) is 4.98. The summed E-state index contributed by atoms with van der Waals surface area (Å²) in [5, 5.41) is 11.2. The molecule has 1 fully saturated rings. The van der Waals surface area contributed by atoms with Crippen LogP contribution in [0.25, 0.3) is 0 Å². The number of hydrogen-bond acceptors (Lipinski definition) is 6. The van der Waals surface area contributed by atoms with E-state index in [1.165, 1.54) is 0 Å². The summed E-state index contributed by atoms with van der Waals surface area (Å²) in [6, 6.07) is 1.76. The van der Waals surface area contributed by atoms with E-state index in [9.17, 15) is 0 Å². The Kier molecular flexibility index (Phi) is 2.81. The highest BCUT2D eigenvalue weighted by molar-refractivity contribution is 5.46. The molecular weight excluding hydrogens is 242 g/mol. The van der Waals surface area contributed by atoms with Crippen LogP contribution in [-0.4, -0.2) is 24.7 Å². The second-order valence-corrected chi connectivity index (χ2v) is 4.98. The molecule has 1 aliphatic carbocycles. The number of nitrogens with two attached hydrogens (primary N) is 1. The van der Waals surface area contributed by atoms with Crippen LogP contribution in [0.4, 0.5) is 11.6 Å². The van der Waals surface area contributed by atoms with Crippen LogP contribution in [0.5, 0.6) is 0 Å². The highest BCUT2D eigenvalue weighted by atomic mass is 15.3. The van der Waals surface area contributed by atoms with Gasteiger partial charge in [-0.2, -0.15) is 0 Å². The predicted octanol–water partition coefficient (Wildman–Crippen LogP) is 1.24. The average Bonchev–Trinajstić information content (AvgIpc) is 3.11. The molecule has 2 heterocycles. The zero-order valence-electron chi connectivity index (χ0n) is 11.0. The number of rotatable bonds is 4. The molecule has 7 heteroatoms. The molecule has 2 aromatic heterocycles. The lowest BCUT2D eigenvalue weighted by molar-refractivity contribution is 0.714. The van der Waals surface area contributed by atoms with E-state index in [-0.39, 0.29) is 6.04 Å². The Hall–Kier alpha value is -2.18. The van der Waals surface area contributed by atoms with Crippen molar-refractivity contribution in [3.05, 3.63) is 24.0 Å². The summed E-state index contributed by atoms with van der Waals surface area (Å²) in [6.07, 6.45) is 3.99. The number of aryl methyl sites for hydroxylation is 1. The fourth-order valence-corrected chi connectivity index (χ4v) is 2.05. The molecule has 0 aliphatic heterocycles. The average molecular weight is 259 g/mol. The minimum Gasteiger partial charge on any atom is -0.384 e. The first kappa shape index (κ1) is 11.9. The smallest absolute Gasteiger partial charge is 0.154 e. The molecule has 0 saturated heterocycles. The molecule has 0 amide bonds. The van der Waals surface area contributed by atoms with Gasteiger partial charge in [-0.15, -0.1) is 10.2 Å². The Morgan fingerprint density at radius 3 is 2.84 bits per heavy atom. The maximum absolute atomic E-state index is 5.83. The van der Waals surface area contributed by atoms with E-state index < -0.39 is 0 Å². The van der Waals surface area contributed by atoms with Gasteiger partial charge < -0.3 is 15.6 Å². The number of nitrogens with one attached hydrogen (secondary N) is 1. The lowest BCUT2D eigenvalue weighted by Gasteiger charge is -2.14. The summed E-state index contributed by atoms with van der Waals surface area (Å²) in [5.41, 5.74) is 5.83. The summed E-state index contributed by atoms with van der Waals surface area (Å²) in [7, 11) is 1.91. The first-order chi connectivity index (χ1) is 9.13. The van der Waals surface area contributed by atoms with Gasteiger partial charge in [0.2, 0.25) is 0 Å². The van der Waals surface area contributed by atoms with E-state index in [4.69, 9.17) is 5.73 Å². The SMILES string of the molecule is CC(Nc1cc(N)nc(C2CC2)n1)c1nncn1C. The van der Waals surface area contributed by atoms with Crippen molar-refractivity contribution < 1.29 is 0 Å². The molecule has 1 unspecified atom stereocenters. The van der Waals surface area contributed by atoms with Crippen molar-refractivity contribution in [1.82, 2.24) is 24.7 Å². The number of hydrogen-bond donors (Lipinski definition) is 2. The Bertz CT molecular complexity index is 588. The van der Waals surface area contributed by atoms with E-state index in [1.807, 2.05) is 18.5 Å². The molecule has 1 atom stereocenters. The topological polar surface area (TPSA) is 94.5 Å². The van der Waals surface area contributed by atoms with E-state index >= 15 is 0 Å². The number of anilines is 2. The van der Waals surface area contributed by atoms with Gasteiger partial charge in [0.15, 0.2) is 5.82 Å². The Balaban J connectivity index is 1.81. The zero-order valence-corrected chi connectivity index (χ0v) is 11.0. The van der Waals surface area contributed by atoms with Crippen LogP contribution < -0.4 is 11.1 Å². The van der Waals surface area contributed by atoms with Crippen LogP contribution in [0.3, 0.4) is 0 Å². The standard InChI is InChI=1S/C12H17N7/c1-7(12-18-14-6-19(12)2)15-10-5-9(13)16-11(17-10)8-3-4-8/h5-8H,3-4H2,1-2H3,(H3,13,15,16,17). The fraction of sp³-hybridized carbons (Fsp3) is 0.500. The second kappa shape index (κ2) is 4.49. The van der Waals surface area contributed by atoms with Crippen molar-refractivity contribution >= 4 is 11.6 Å². The normalized spacial score (nSPS) is 16.3. The van der Waals surface area contributed by atoms with Crippen LogP contribution in [0.15, 0.2) is 12.4 Å². The lowest BCUT2D eigenvalue weighted by atomic mass is 10.3. The third-order valence-electron chi connectivity index (χ3n) is 3.20.